The number of allylic oxidation sites excluding steroid dienone is 1. The fraction of sp³-hybridized carbons (Fsp3) is 0.214. The minimum absolute atomic E-state index is 0.217. The summed E-state index contributed by atoms with van der Waals surface area (Å²) in [6, 6.07) is 25.2. The van der Waals surface area contributed by atoms with Crippen LogP contribution >= 0.6 is 0 Å². The summed E-state index contributed by atoms with van der Waals surface area (Å²) in [4.78, 5) is 0.454. The molecule has 0 aliphatic heterocycles. The molecular formula is C28H32O4S. The number of ether oxygens (including phenoxy) is 2. The SMILES string of the molecule is CC.CC.O=S(=O)(C1=CC(Oc2ccccc2)CC=C1)c1ccc(Oc2ccccc2)cc1. The topological polar surface area (TPSA) is 52.6 Å². The van der Waals surface area contributed by atoms with Crippen molar-refractivity contribution in [1.29, 1.82) is 0 Å². The van der Waals surface area contributed by atoms with Crippen LogP contribution in [0.2, 0.25) is 0 Å². The summed E-state index contributed by atoms with van der Waals surface area (Å²) in [5.41, 5.74) is 0. The van der Waals surface area contributed by atoms with E-state index < -0.39 is 9.84 Å². The molecule has 1 aliphatic rings. The first kappa shape index (κ1) is 25.9. The molecule has 0 N–H and O–H groups in total. The summed E-state index contributed by atoms with van der Waals surface area (Å²) < 4.78 is 37.7. The number of para-hydroxylation sites is 2. The van der Waals surface area contributed by atoms with Crippen molar-refractivity contribution in [2.24, 2.45) is 0 Å². The van der Waals surface area contributed by atoms with Gasteiger partial charge in [0.1, 0.15) is 23.4 Å². The van der Waals surface area contributed by atoms with Crippen LogP contribution in [-0.4, -0.2) is 14.5 Å². The van der Waals surface area contributed by atoms with Crippen LogP contribution in [0.15, 0.2) is 113 Å². The Balaban J connectivity index is 0.000000914. The Kier molecular flexibility index (Phi) is 10.4. The third-order valence-electron chi connectivity index (χ3n) is 4.45. The molecule has 0 saturated heterocycles. The Labute approximate surface area is 198 Å². The van der Waals surface area contributed by atoms with Crippen molar-refractivity contribution in [2.75, 3.05) is 0 Å². The summed E-state index contributed by atoms with van der Waals surface area (Å²) in [6.07, 6.45) is 5.42. The third kappa shape index (κ3) is 7.36. The Bertz CT molecular complexity index is 1120. The summed E-state index contributed by atoms with van der Waals surface area (Å²) in [5.74, 6) is 1.98. The highest BCUT2D eigenvalue weighted by molar-refractivity contribution is 7.95. The van der Waals surface area contributed by atoms with Crippen molar-refractivity contribution in [2.45, 2.75) is 45.1 Å². The molecule has 1 aliphatic carbocycles. The predicted octanol–water partition coefficient (Wildman–Crippen LogP) is 7.60. The van der Waals surface area contributed by atoms with Gasteiger partial charge in [-0.2, -0.15) is 0 Å². The Morgan fingerprint density at radius 2 is 1.21 bits per heavy atom. The van der Waals surface area contributed by atoms with E-state index in [9.17, 15) is 8.42 Å². The van der Waals surface area contributed by atoms with Gasteiger partial charge in [-0.1, -0.05) is 70.2 Å². The maximum Gasteiger partial charge on any atom is 0.206 e. The number of sulfone groups is 1. The molecule has 1 atom stereocenters. The van der Waals surface area contributed by atoms with Crippen molar-refractivity contribution in [1.82, 2.24) is 0 Å². The smallest absolute Gasteiger partial charge is 0.206 e. The number of hydrogen-bond acceptors (Lipinski definition) is 4. The average molecular weight is 465 g/mol. The van der Waals surface area contributed by atoms with E-state index in [1.807, 2.05) is 94.4 Å². The van der Waals surface area contributed by atoms with Crippen molar-refractivity contribution >= 4 is 9.84 Å². The van der Waals surface area contributed by atoms with Crippen LogP contribution in [-0.2, 0) is 9.84 Å². The Hall–Kier alpha value is -3.31. The third-order valence-corrected chi connectivity index (χ3v) is 6.24. The van der Waals surface area contributed by atoms with Crippen LogP contribution in [0.4, 0.5) is 0 Å². The zero-order valence-corrected chi connectivity index (χ0v) is 20.5. The first-order chi connectivity index (χ1) is 16.1. The molecular weight excluding hydrogens is 432 g/mol. The molecule has 0 radical (unpaired) electrons. The highest BCUT2D eigenvalue weighted by atomic mass is 32.2. The molecule has 0 spiro atoms. The lowest BCUT2D eigenvalue weighted by Gasteiger charge is -2.19. The highest BCUT2D eigenvalue weighted by Gasteiger charge is 2.23. The quantitative estimate of drug-likeness (QED) is 0.377. The maximum absolute atomic E-state index is 13.0. The van der Waals surface area contributed by atoms with E-state index in [2.05, 4.69) is 0 Å². The zero-order valence-electron chi connectivity index (χ0n) is 19.6. The van der Waals surface area contributed by atoms with Crippen LogP contribution in [0, 0.1) is 0 Å². The van der Waals surface area contributed by atoms with Crippen LogP contribution in [0.1, 0.15) is 34.1 Å². The van der Waals surface area contributed by atoms with E-state index in [-0.39, 0.29) is 15.9 Å². The molecule has 5 heteroatoms. The van der Waals surface area contributed by atoms with Crippen molar-refractivity contribution in [3.63, 3.8) is 0 Å². The predicted molar refractivity (Wildman–Crippen MR) is 136 cm³/mol. The van der Waals surface area contributed by atoms with Crippen molar-refractivity contribution < 1.29 is 17.9 Å². The van der Waals surface area contributed by atoms with Gasteiger partial charge in [-0.3, -0.25) is 0 Å². The first-order valence-electron chi connectivity index (χ1n) is 11.3. The van der Waals surface area contributed by atoms with Gasteiger partial charge in [0.25, 0.3) is 0 Å². The average Bonchev–Trinajstić information content (AvgIpc) is 2.88. The van der Waals surface area contributed by atoms with Gasteiger partial charge in [0.15, 0.2) is 0 Å². The summed E-state index contributed by atoms with van der Waals surface area (Å²) in [5, 5.41) is 0. The molecule has 3 aromatic rings. The maximum atomic E-state index is 13.0. The van der Waals surface area contributed by atoms with E-state index in [4.69, 9.17) is 9.47 Å². The molecule has 4 nitrogen and oxygen atoms in total. The monoisotopic (exact) mass is 464 g/mol. The number of hydrogen-bond donors (Lipinski definition) is 0. The molecule has 4 rings (SSSR count). The largest absolute Gasteiger partial charge is 0.486 e. The number of benzene rings is 3. The lowest BCUT2D eigenvalue weighted by molar-refractivity contribution is 0.251. The first-order valence-corrected chi connectivity index (χ1v) is 12.8. The molecule has 0 aromatic heterocycles. The molecule has 33 heavy (non-hydrogen) atoms. The van der Waals surface area contributed by atoms with E-state index in [1.165, 1.54) is 0 Å². The van der Waals surface area contributed by atoms with Gasteiger partial charge < -0.3 is 9.47 Å². The van der Waals surface area contributed by atoms with E-state index >= 15 is 0 Å². The van der Waals surface area contributed by atoms with Gasteiger partial charge in [0, 0.05) is 6.42 Å². The van der Waals surface area contributed by atoms with Gasteiger partial charge in [-0.15, -0.1) is 0 Å². The standard InChI is InChI=1S/C24H20O4S.2C2H6/c25-29(26,23-16-14-21(15-17-23)27-19-8-3-1-4-9-19)24-13-7-12-22(18-24)28-20-10-5-2-6-11-20;2*1-2/h1-11,13-18,22H,12H2;2*1-2H3. The summed E-state index contributed by atoms with van der Waals surface area (Å²) in [6.45, 7) is 8.00. The van der Waals surface area contributed by atoms with Crippen molar-refractivity contribution in [3.8, 4) is 17.2 Å². The molecule has 0 fully saturated rings. The fourth-order valence-electron chi connectivity index (χ4n) is 3.01. The molecule has 0 heterocycles. The van der Waals surface area contributed by atoms with Gasteiger partial charge >= 0.3 is 0 Å². The lowest BCUT2D eigenvalue weighted by Crippen LogP contribution is -2.18. The number of rotatable bonds is 6. The van der Waals surface area contributed by atoms with Gasteiger partial charge in [0.05, 0.1) is 9.80 Å². The highest BCUT2D eigenvalue weighted by Crippen LogP contribution is 2.28. The fourth-order valence-corrected chi connectivity index (χ4v) is 4.38. The van der Waals surface area contributed by atoms with E-state index in [0.29, 0.717) is 23.7 Å². The second kappa shape index (κ2) is 13.3. The molecule has 1 unspecified atom stereocenters. The Morgan fingerprint density at radius 3 is 1.79 bits per heavy atom. The second-order valence-corrected chi connectivity index (χ2v) is 8.52. The van der Waals surface area contributed by atoms with Gasteiger partial charge in [0.2, 0.25) is 9.84 Å². The normalized spacial score (nSPS) is 14.5. The second-order valence-electron chi connectivity index (χ2n) is 6.57. The minimum Gasteiger partial charge on any atom is -0.486 e. The lowest BCUT2D eigenvalue weighted by atomic mass is 10.1. The zero-order chi connectivity index (χ0) is 24.1. The molecule has 3 aromatic carbocycles. The van der Waals surface area contributed by atoms with Crippen LogP contribution < -0.4 is 9.47 Å². The summed E-state index contributed by atoms with van der Waals surface area (Å²) in [7, 11) is -3.64. The van der Waals surface area contributed by atoms with Crippen LogP contribution in [0.5, 0.6) is 17.2 Å². The molecule has 0 saturated carbocycles. The van der Waals surface area contributed by atoms with E-state index in [0.717, 1.165) is 0 Å². The van der Waals surface area contributed by atoms with Gasteiger partial charge in [-0.05, 0) is 60.7 Å². The van der Waals surface area contributed by atoms with Gasteiger partial charge in [-0.25, -0.2) is 8.42 Å². The van der Waals surface area contributed by atoms with Crippen LogP contribution in [0.25, 0.3) is 0 Å². The molecule has 0 bridgehead atoms. The summed E-state index contributed by atoms with van der Waals surface area (Å²) >= 11 is 0. The molecule has 0 amide bonds. The van der Waals surface area contributed by atoms with E-state index in [1.54, 1.807) is 36.4 Å². The minimum atomic E-state index is -3.64. The van der Waals surface area contributed by atoms with Crippen LogP contribution in [0.3, 0.4) is 0 Å². The van der Waals surface area contributed by atoms with Crippen molar-refractivity contribution in [3.05, 3.63) is 108 Å². The molecule has 174 valence electrons. The Morgan fingerprint density at radius 1 is 0.697 bits per heavy atom.